The third-order valence-corrected chi connectivity index (χ3v) is 5.93. The molecule has 6 nitrogen and oxygen atoms in total. The van der Waals surface area contributed by atoms with Crippen molar-refractivity contribution in [1.82, 2.24) is 19.7 Å². The molecule has 1 saturated heterocycles. The van der Waals surface area contributed by atoms with E-state index in [2.05, 4.69) is 12.0 Å². The van der Waals surface area contributed by atoms with Crippen molar-refractivity contribution in [1.29, 1.82) is 0 Å². The molecule has 0 bridgehead atoms. The van der Waals surface area contributed by atoms with E-state index in [9.17, 15) is 4.79 Å². The van der Waals surface area contributed by atoms with E-state index in [1.807, 2.05) is 30.6 Å². The lowest BCUT2D eigenvalue weighted by Crippen LogP contribution is -2.33. The smallest absolute Gasteiger partial charge is 0.242 e. The summed E-state index contributed by atoms with van der Waals surface area (Å²) < 4.78 is 7.16. The quantitative estimate of drug-likeness (QED) is 0.836. The van der Waals surface area contributed by atoms with Gasteiger partial charge in [0.25, 0.3) is 0 Å². The van der Waals surface area contributed by atoms with Crippen LogP contribution in [0.15, 0.2) is 0 Å². The Morgan fingerprint density at radius 1 is 1.28 bits per heavy atom. The molecular formula is C18H26N4O2S. The number of pyridine rings is 1. The van der Waals surface area contributed by atoms with E-state index in [1.54, 1.807) is 11.8 Å². The first-order valence-corrected chi connectivity index (χ1v) is 9.90. The van der Waals surface area contributed by atoms with Crippen LogP contribution in [0.5, 0.6) is 5.88 Å². The lowest BCUT2D eigenvalue weighted by Gasteiger charge is -2.20. The van der Waals surface area contributed by atoms with Crippen LogP contribution >= 0.6 is 11.8 Å². The summed E-state index contributed by atoms with van der Waals surface area (Å²) in [6, 6.07) is 0. The second-order valence-electron chi connectivity index (χ2n) is 6.48. The zero-order chi connectivity index (χ0) is 18.0. The lowest BCUT2D eigenvalue weighted by atomic mass is 10.00. The largest absolute Gasteiger partial charge is 0.479 e. The zero-order valence-electron chi connectivity index (χ0n) is 15.5. The summed E-state index contributed by atoms with van der Waals surface area (Å²) in [5, 5.41) is 5.33. The standard InChI is InChI=1S/C18H26N4O2S/c1-12-14(6-7-15(23)22-8-5-10-25-11-9-22)13(2)19-17-16(12)18(24-4)20-21(17)3/h5-11H2,1-4H3. The Morgan fingerprint density at radius 3 is 2.84 bits per heavy atom. The molecule has 1 aliphatic rings. The van der Waals surface area contributed by atoms with Gasteiger partial charge in [-0.25, -0.2) is 9.67 Å². The van der Waals surface area contributed by atoms with Crippen molar-refractivity contribution in [2.24, 2.45) is 7.05 Å². The Bertz CT molecular complexity index is 779. The second kappa shape index (κ2) is 7.64. The Morgan fingerprint density at radius 2 is 2.08 bits per heavy atom. The molecule has 3 rings (SSSR count). The predicted molar refractivity (Wildman–Crippen MR) is 101 cm³/mol. The molecule has 2 aromatic heterocycles. The molecule has 7 heteroatoms. The molecule has 1 aliphatic heterocycles. The number of carbonyl (C=O) groups excluding carboxylic acids is 1. The van der Waals surface area contributed by atoms with Gasteiger partial charge in [0, 0.05) is 38.0 Å². The van der Waals surface area contributed by atoms with Crippen molar-refractivity contribution in [3.63, 3.8) is 0 Å². The van der Waals surface area contributed by atoms with Crippen LogP contribution in [0, 0.1) is 13.8 Å². The summed E-state index contributed by atoms with van der Waals surface area (Å²) in [4.78, 5) is 19.3. The number of amides is 1. The third kappa shape index (κ3) is 3.61. The molecule has 0 saturated carbocycles. The number of aromatic nitrogens is 3. The van der Waals surface area contributed by atoms with E-state index in [1.165, 1.54) is 0 Å². The first-order valence-electron chi connectivity index (χ1n) is 8.75. The maximum absolute atomic E-state index is 12.6. The minimum Gasteiger partial charge on any atom is -0.479 e. The zero-order valence-corrected chi connectivity index (χ0v) is 16.3. The number of hydrogen-bond donors (Lipinski definition) is 0. The highest BCUT2D eigenvalue weighted by atomic mass is 32.2. The van der Waals surface area contributed by atoms with Gasteiger partial charge in [0.15, 0.2) is 5.65 Å². The van der Waals surface area contributed by atoms with Gasteiger partial charge in [0.1, 0.15) is 0 Å². The van der Waals surface area contributed by atoms with Crippen molar-refractivity contribution in [3.8, 4) is 5.88 Å². The number of hydrogen-bond acceptors (Lipinski definition) is 5. The Balaban J connectivity index is 1.82. The van der Waals surface area contributed by atoms with E-state index < -0.39 is 0 Å². The van der Waals surface area contributed by atoms with E-state index in [4.69, 9.17) is 9.72 Å². The summed E-state index contributed by atoms with van der Waals surface area (Å²) in [5.74, 6) is 3.05. The molecule has 2 aromatic rings. The van der Waals surface area contributed by atoms with Gasteiger partial charge in [-0.1, -0.05) is 0 Å². The Labute approximate surface area is 152 Å². The predicted octanol–water partition coefficient (Wildman–Crippen LogP) is 2.49. The van der Waals surface area contributed by atoms with Crippen LogP contribution in [0.1, 0.15) is 29.7 Å². The van der Waals surface area contributed by atoms with Gasteiger partial charge < -0.3 is 9.64 Å². The van der Waals surface area contributed by atoms with Crippen molar-refractivity contribution in [2.75, 3.05) is 31.7 Å². The van der Waals surface area contributed by atoms with E-state index in [0.29, 0.717) is 18.7 Å². The number of aryl methyl sites for hydroxylation is 3. The van der Waals surface area contributed by atoms with Crippen molar-refractivity contribution >= 4 is 28.7 Å². The first-order chi connectivity index (χ1) is 12.0. The fraction of sp³-hybridized carbons (Fsp3) is 0.611. The fourth-order valence-electron chi connectivity index (χ4n) is 3.49. The van der Waals surface area contributed by atoms with Crippen LogP contribution in [-0.2, 0) is 18.3 Å². The minimum absolute atomic E-state index is 0.250. The summed E-state index contributed by atoms with van der Waals surface area (Å²) in [5.41, 5.74) is 4.05. The molecule has 1 fully saturated rings. The SMILES string of the molecule is COc1nn(C)c2nc(C)c(CCC(=O)N3CCCSCC3)c(C)c12. The lowest BCUT2D eigenvalue weighted by molar-refractivity contribution is -0.130. The first kappa shape index (κ1) is 18.0. The van der Waals surface area contributed by atoms with E-state index in [0.717, 1.165) is 58.9 Å². The second-order valence-corrected chi connectivity index (χ2v) is 7.70. The van der Waals surface area contributed by atoms with Crippen molar-refractivity contribution < 1.29 is 9.53 Å². The van der Waals surface area contributed by atoms with Crippen molar-refractivity contribution in [3.05, 3.63) is 16.8 Å². The van der Waals surface area contributed by atoms with Gasteiger partial charge in [0.05, 0.1) is 12.5 Å². The molecule has 1 amide bonds. The Hall–Kier alpha value is -1.76. The molecule has 0 N–H and O–H groups in total. The van der Waals surface area contributed by atoms with Gasteiger partial charge in [-0.05, 0) is 43.6 Å². The number of carbonyl (C=O) groups is 1. The third-order valence-electron chi connectivity index (χ3n) is 4.88. The molecule has 0 unspecified atom stereocenters. The molecule has 3 heterocycles. The maximum atomic E-state index is 12.6. The summed E-state index contributed by atoms with van der Waals surface area (Å²) >= 11 is 1.94. The highest BCUT2D eigenvalue weighted by Crippen LogP contribution is 2.30. The van der Waals surface area contributed by atoms with Gasteiger partial charge in [0.2, 0.25) is 11.8 Å². The van der Waals surface area contributed by atoms with Crippen LogP contribution in [0.3, 0.4) is 0 Å². The number of rotatable bonds is 4. The number of fused-ring (bicyclic) bond motifs is 1. The highest BCUT2D eigenvalue weighted by molar-refractivity contribution is 7.99. The molecule has 0 aliphatic carbocycles. The number of thioether (sulfide) groups is 1. The van der Waals surface area contributed by atoms with E-state index >= 15 is 0 Å². The number of methoxy groups -OCH3 is 1. The highest BCUT2D eigenvalue weighted by Gasteiger charge is 2.20. The molecule has 0 atom stereocenters. The summed E-state index contributed by atoms with van der Waals surface area (Å²) in [6.07, 6.45) is 2.33. The van der Waals surface area contributed by atoms with Gasteiger partial charge in [-0.3, -0.25) is 4.79 Å². The average Bonchev–Trinajstić information content (AvgIpc) is 2.78. The van der Waals surface area contributed by atoms with Crippen LogP contribution in [0.4, 0.5) is 0 Å². The maximum Gasteiger partial charge on any atom is 0.242 e. The summed E-state index contributed by atoms with van der Waals surface area (Å²) in [7, 11) is 3.50. The molecule has 0 radical (unpaired) electrons. The average molecular weight is 362 g/mol. The van der Waals surface area contributed by atoms with E-state index in [-0.39, 0.29) is 5.91 Å². The molecule has 136 valence electrons. The van der Waals surface area contributed by atoms with Crippen LogP contribution in [-0.4, -0.2) is 57.3 Å². The monoisotopic (exact) mass is 362 g/mol. The topological polar surface area (TPSA) is 60.2 Å². The molecule has 0 aromatic carbocycles. The van der Waals surface area contributed by atoms with Gasteiger partial charge >= 0.3 is 0 Å². The molecular weight excluding hydrogens is 336 g/mol. The summed E-state index contributed by atoms with van der Waals surface area (Å²) in [6.45, 7) is 5.84. The molecule has 25 heavy (non-hydrogen) atoms. The fourth-order valence-corrected chi connectivity index (χ4v) is 4.38. The van der Waals surface area contributed by atoms with Gasteiger partial charge in [-0.2, -0.15) is 11.8 Å². The van der Waals surface area contributed by atoms with Crippen LogP contribution < -0.4 is 4.74 Å². The van der Waals surface area contributed by atoms with Crippen LogP contribution in [0.25, 0.3) is 11.0 Å². The van der Waals surface area contributed by atoms with Crippen LogP contribution in [0.2, 0.25) is 0 Å². The minimum atomic E-state index is 0.250. The van der Waals surface area contributed by atoms with Crippen molar-refractivity contribution in [2.45, 2.75) is 33.1 Å². The number of ether oxygens (including phenoxy) is 1. The Kier molecular flexibility index (Phi) is 5.51. The number of nitrogens with zero attached hydrogens (tertiary/aromatic N) is 4. The normalized spacial score (nSPS) is 15.4. The molecule has 0 spiro atoms. The van der Waals surface area contributed by atoms with Gasteiger partial charge in [-0.15, -0.1) is 5.10 Å².